The monoisotopic (exact) mass is 292 g/mol. The number of aliphatic carboxylic acids is 1. The highest BCUT2D eigenvalue weighted by molar-refractivity contribution is 7.90. The van der Waals surface area contributed by atoms with E-state index in [4.69, 9.17) is 5.11 Å². The van der Waals surface area contributed by atoms with Crippen LogP contribution in [0, 0.1) is 5.92 Å². The number of carboxylic acid groups (broad SMARTS) is 1. The minimum absolute atomic E-state index is 0.106. The largest absolute Gasteiger partial charge is 0.480 e. The van der Waals surface area contributed by atoms with Gasteiger partial charge in [-0.3, -0.25) is 0 Å². The smallest absolute Gasteiger partial charge is 0.326 e. The normalized spacial score (nSPS) is 23.5. The Hall–Kier alpha value is -1.31. The highest BCUT2D eigenvalue weighted by Crippen LogP contribution is 2.32. The van der Waals surface area contributed by atoms with E-state index >= 15 is 0 Å². The van der Waals surface area contributed by atoms with Gasteiger partial charge in [0.1, 0.15) is 15.9 Å². The predicted octanol–water partition coefficient (Wildman–Crippen LogP) is -0.0280. The van der Waals surface area contributed by atoms with Crippen LogP contribution >= 0.6 is 0 Å². The summed E-state index contributed by atoms with van der Waals surface area (Å²) >= 11 is 0. The first-order valence-corrected chi connectivity index (χ1v) is 8.26. The number of carboxylic acids is 1. The zero-order chi connectivity index (χ0) is 14.6. The summed E-state index contributed by atoms with van der Waals surface area (Å²) < 4.78 is 22.0. The molecule has 0 radical (unpaired) electrons. The van der Waals surface area contributed by atoms with Crippen molar-refractivity contribution >= 4 is 21.8 Å². The van der Waals surface area contributed by atoms with Gasteiger partial charge in [0.2, 0.25) is 0 Å². The Morgan fingerprint density at radius 3 is 2.47 bits per heavy atom. The van der Waals surface area contributed by atoms with Crippen LogP contribution in [-0.2, 0) is 14.6 Å². The molecule has 2 amide bonds. The zero-order valence-electron chi connectivity index (χ0n) is 11.0. The van der Waals surface area contributed by atoms with Crippen molar-refractivity contribution in [2.24, 2.45) is 5.92 Å². The molecule has 0 aromatic rings. The van der Waals surface area contributed by atoms with Gasteiger partial charge in [-0.15, -0.1) is 0 Å². The minimum Gasteiger partial charge on any atom is -0.480 e. The molecule has 3 unspecified atom stereocenters. The summed E-state index contributed by atoms with van der Waals surface area (Å²) in [4.78, 5) is 22.5. The van der Waals surface area contributed by atoms with E-state index in [1.54, 1.807) is 0 Å². The van der Waals surface area contributed by atoms with Crippen molar-refractivity contribution in [1.82, 2.24) is 10.6 Å². The third-order valence-corrected chi connectivity index (χ3v) is 4.12. The number of carbonyl (C=O) groups excluding carboxylic acids is 1. The summed E-state index contributed by atoms with van der Waals surface area (Å²) in [5, 5.41) is 13.9. The Bertz CT molecular complexity index is 448. The van der Waals surface area contributed by atoms with Crippen LogP contribution in [0.25, 0.3) is 0 Å². The van der Waals surface area contributed by atoms with Crippen LogP contribution in [-0.4, -0.2) is 49.6 Å². The molecule has 1 fully saturated rings. The van der Waals surface area contributed by atoms with Gasteiger partial charge in [0, 0.05) is 12.3 Å². The van der Waals surface area contributed by atoms with Gasteiger partial charge >= 0.3 is 12.0 Å². The summed E-state index contributed by atoms with van der Waals surface area (Å²) in [6, 6.07) is -1.63. The van der Waals surface area contributed by atoms with Crippen LogP contribution in [0.2, 0.25) is 0 Å². The minimum atomic E-state index is -3.25. The van der Waals surface area contributed by atoms with E-state index in [0.717, 1.165) is 19.1 Å². The number of carbonyl (C=O) groups is 2. The van der Waals surface area contributed by atoms with Crippen molar-refractivity contribution in [2.75, 3.05) is 12.0 Å². The van der Waals surface area contributed by atoms with E-state index in [2.05, 4.69) is 10.6 Å². The van der Waals surface area contributed by atoms with Gasteiger partial charge in [-0.2, -0.15) is 0 Å². The first kappa shape index (κ1) is 15.7. The first-order valence-electron chi connectivity index (χ1n) is 6.20. The number of hydrogen-bond acceptors (Lipinski definition) is 4. The highest BCUT2D eigenvalue weighted by Gasteiger charge is 2.37. The van der Waals surface area contributed by atoms with Gasteiger partial charge in [-0.25, -0.2) is 18.0 Å². The second-order valence-electron chi connectivity index (χ2n) is 4.94. The van der Waals surface area contributed by atoms with E-state index < -0.39 is 27.9 Å². The molecule has 3 atom stereocenters. The molecule has 0 aliphatic heterocycles. The highest BCUT2D eigenvalue weighted by atomic mass is 32.2. The predicted molar refractivity (Wildman–Crippen MR) is 69.6 cm³/mol. The maximum atomic E-state index is 11.6. The molecule has 1 aliphatic carbocycles. The molecule has 1 aliphatic rings. The van der Waals surface area contributed by atoms with Crippen LogP contribution in [0.4, 0.5) is 4.79 Å². The van der Waals surface area contributed by atoms with Crippen LogP contribution in [0.15, 0.2) is 0 Å². The van der Waals surface area contributed by atoms with Crippen molar-refractivity contribution in [3.05, 3.63) is 0 Å². The topological polar surface area (TPSA) is 113 Å². The lowest BCUT2D eigenvalue weighted by molar-refractivity contribution is -0.139. The molecule has 1 rings (SSSR count). The van der Waals surface area contributed by atoms with Crippen LogP contribution in [0.3, 0.4) is 0 Å². The number of rotatable bonds is 7. The molecule has 0 aromatic carbocycles. The Balaban J connectivity index is 2.40. The number of nitrogens with one attached hydrogen (secondary N) is 2. The fraction of sp³-hybridized carbons (Fsp3) is 0.818. The number of urea groups is 1. The quantitative estimate of drug-likeness (QED) is 0.610. The third-order valence-electron chi connectivity index (χ3n) is 3.14. The summed E-state index contributed by atoms with van der Waals surface area (Å²) in [5.41, 5.74) is 0. The lowest BCUT2D eigenvalue weighted by atomic mass is 10.2. The SMILES string of the molecule is CCC1CC1NC(=O)NC(CCS(C)(=O)=O)C(=O)O. The average Bonchev–Trinajstić information content (AvgIpc) is 3.00. The molecular weight excluding hydrogens is 272 g/mol. The summed E-state index contributed by atoms with van der Waals surface area (Å²) in [6.07, 6.45) is 2.78. The molecular formula is C11H20N2O5S. The summed E-state index contributed by atoms with van der Waals surface area (Å²) in [5.74, 6) is -1.04. The number of sulfone groups is 1. The third kappa shape index (κ3) is 5.91. The van der Waals surface area contributed by atoms with Crippen molar-refractivity contribution in [1.29, 1.82) is 0 Å². The van der Waals surface area contributed by atoms with Crippen molar-refractivity contribution in [3.63, 3.8) is 0 Å². The lowest BCUT2D eigenvalue weighted by Gasteiger charge is -2.14. The van der Waals surface area contributed by atoms with Crippen molar-refractivity contribution < 1.29 is 23.1 Å². The fourth-order valence-electron chi connectivity index (χ4n) is 1.83. The zero-order valence-corrected chi connectivity index (χ0v) is 11.9. The molecule has 8 heteroatoms. The van der Waals surface area contributed by atoms with Gasteiger partial charge in [0.25, 0.3) is 0 Å². The van der Waals surface area contributed by atoms with E-state index in [9.17, 15) is 18.0 Å². The van der Waals surface area contributed by atoms with Crippen molar-refractivity contribution in [2.45, 2.75) is 38.3 Å². The number of amides is 2. The van der Waals surface area contributed by atoms with Gasteiger partial charge in [0.15, 0.2) is 0 Å². The van der Waals surface area contributed by atoms with E-state index in [1.807, 2.05) is 6.92 Å². The molecule has 1 saturated carbocycles. The lowest BCUT2D eigenvalue weighted by Crippen LogP contribution is -2.47. The maximum absolute atomic E-state index is 11.6. The van der Waals surface area contributed by atoms with Gasteiger partial charge < -0.3 is 15.7 Å². The van der Waals surface area contributed by atoms with E-state index in [0.29, 0.717) is 5.92 Å². The Labute approximate surface area is 112 Å². The van der Waals surface area contributed by atoms with Gasteiger partial charge in [0.05, 0.1) is 5.75 Å². The molecule has 0 spiro atoms. The maximum Gasteiger partial charge on any atom is 0.326 e. The average molecular weight is 292 g/mol. The molecule has 0 aromatic heterocycles. The molecule has 7 nitrogen and oxygen atoms in total. The molecule has 110 valence electrons. The summed E-state index contributed by atoms with van der Waals surface area (Å²) in [6.45, 7) is 2.02. The van der Waals surface area contributed by atoms with Crippen LogP contribution < -0.4 is 10.6 Å². The molecule has 19 heavy (non-hydrogen) atoms. The second-order valence-corrected chi connectivity index (χ2v) is 7.20. The van der Waals surface area contributed by atoms with Crippen LogP contribution in [0.5, 0.6) is 0 Å². The Kier molecular flexibility index (Phi) is 5.16. The molecule has 0 bridgehead atoms. The van der Waals surface area contributed by atoms with E-state index in [-0.39, 0.29) is 18.2 Å². The molecule has 0 saturated heterocycles. The fourth-order valence-corrected chi connectivity index (χ4v) is 2.50. The van der Waals surface area contributed by atoms with E-state index in [1.165, 1.54) is 0 Å². The van der Waals surface area contributed by atoms with Crippen molar-refractivity contribution in [3.8, 4) is 0 Å². The number of hydrogen-bond donors (Lipinski definition) is 3. The molecule has 0 heterocycles. The van der Waals surface area contributed by atoms with Crippen LogP contribution in [0.1, 0.15) is 26.2 Å². The van der Waals surface area contributed by atoms with Gasteiger partial charge in [-0.1, -0.05) is 13.3 Å². The standard InChI is InChI=1S/C11H20N2O5S/c1-3-7-6-9(7)13-11(16)12-8(10(14)15)4-5-19(2,17)18/h7-9H,3-6H2,1-2H3,(H,14,15)(H2,12,13,16). The second kappa shape index (κ2) is 6.23. The van der Waals surface area contributed by atoms with Gasteiger partial charge in [-0.05, 0) is 18.8 Å². The summed E-state index contributed by atoms with van der Waals surface area (Å²) in [7, 11) is -3.25. The molecule has 3 N–H and O–H groups in total. The first-order chi connectivity index (χ1) is 8.73. The Morgan fingerprint density at radius 2 is 2.05 bits per heavy atom. The Morgan fingerprint density at radius 1 is 1.42 bits per heavy atom.